The molecule has 0 aromatic heterocycles. The topological polar surface area (TPSA) is 40.1 Å². The Morgan fingerprint density at radius 1 is 1.17 bits per heavy atom. The predicted molar refractivity (Wildman–Crippen MR) is 108 cm³/mol. The molecule has 162 valence electrons. The van der Waals surface area contributed by atoms with Crippen LogP contribution in [0.1, 0.15) is 25.3 Å². The summed E-state index contributed by atoms with van der Waals surface area (Å²) in [5, 5.41) is 3.40. The highest BCUT2D eigenvalue weighted by molar-refractivity contribution is 5.80. The van der Waals surface area contributed by atoms with Gasteiger partial charge in [0.2, 0.25) is 0 Å². The Morgan fingerprint density at radius 3 is 2.69 bits per heavy atom. The fourth-order valence-corrected chi connectivity index (χ4v) is 4.00. The third kappa shape index (κ3) is 7.19. The van der Waals surface area contributed by atoms with Crippen LogP contribution in [0.15, 0.2) is 35.3 Å². The molecular formula is C21H31F3N4O. The normalized spacial score (nSPS) is 23.7. The molecule has 29 heavy (non-hydrogen) atoms. The maximum atomic E-state index is 12.6. The van der Waals surface area contributed by atoms with E-state index in [0.29, 0.717) is 45.2 Å². The lowest BCUT2D eigenvalue weighted by Gasteiger charge is -2.25. The number of benzene rings is 1. The molecule has 0 radical (unpaired) electrons. The highest BCUT2D eigenvalue weighted by Crippen LogP contribution is 2.21. The number of halogens is 3. The van der Waals surface area contributed by atoms with Crippen LogP contribution in [-0.4, -0.2) is 73.9 Å². The lowest BCUT2D eigenvalue weighted by molar-refractivity contribution is -0.143. The summed E-state index contributed by atoms with van der Waals surface area (Å²) in [4.78, 5) is 8.26. The first kappa shape index (κ1) is 21.9. The molecule has 5 nitrogen and oxygen atoms in total. The minimum Gasteiger partial charge on any atom is -0.376 e. The van der Waals surface area contributed by atoms with Crippen LogP contribution in [0.25, 0.3) is 0 Å². The Bertz CT molecular complexity index is 653. The first-order chi connectivity index (χ1) is 13.9. The maximum absolute atomic E-state index is 12.6. The molecule has 2 heterocycles. The van der Waals surface area contributed by atoms with Crippen LogP contribution >= 0.6 is 0 Å². The van der Waals surface area contributed by atoms with E-state index in [4.69, 9.17) is 4.74 Å². The van der Waals surface area contributed by atoms with Crippen LogP contribution < -0.4 is 5.32 Å². The standard InChI is InChI=1S/C21H31F3N4O/c1-2-25-20(26-19-9-10-27(13-19)16-21(22,23)24)28-11-8-18(12-28)15-29-14-17-6-4-3-5-7-17/h3-7,18-19H,2,8-16H2,1H3,(H,25,26). The van der Waals surface area contributed by atoms with E-state index in [-0.39, 0.29) is 6.04 Å². The van der Waals surface area contributed by atoms with Gasteiger partial charge in [-0.3, -0.25) is 9.89 Å². The molecule has 0 aliphatic carbocycles. The Labute approximate surface area is 170 Å². The van der Waals surface area contributed by atoms with E-state index in [1.807, 2.05) is 25.1 Å². The van der Waals surface area contributed by atoms with Gasteiger partial charge in [-0.05, 0) is 25.3 Å². The van der Waals surface area contributed by atoms with Gasteiger partial charge in [0.1, 0.15) is 0 Å². The second-order valence-corrected chi connectivity index (χ2v) is 7.88. The Hall–Kier alpha value is -1.80. The molecule has 2 fully saturated rings. The van der Waals surface area contributed by atoms with E-state index >= 15 is 0 Å². The molecule has 0 amide bonds. The van der Waals surface area contributed by atoms with Gasteiger partial charge in [-0.2, -0.15) is 13.2 Å². The minimum absolute atomic E-state index is 0.0102. The highest BCUT2D eigenvalue weighted by atomic mass is 19.4. The van der Waals surface area contributed by atoms with E-state index < -0.39 is 12.7 Å². The number of aliphatic imine (C=N–C) groups is 1. The smallest absolute Gasteiger partial charge is 0.376 e. The van der Waals surface area contributed by atoms with Crippen molar-refractivity contribution in [3.8, 4) is 0 Å². The van der Waals surface area contributed by atoms with Gasteiger partial charge in [-0.25, -0.2) is 0 Å². The van der Waals surface area contributed by atoms with Crippen molar-refractivity contribution in [3.05, 3.63) is 35.9 Å². The number of rotatable bonds is 7. The van der Waals surface area contributed by atoms with Gasteiger partial charge >= 0.3 is 6.18 Å². The molecule has 2 aliphatic rings. The van der Waals surface area contributed by atoms with Gasteiger partial charge in [0.15, 0.2) is 5.96 Å². The first-order valence-electron chi connectivity index (χ1n) is 10.4. The fourth-order valence-electron chi connectivity index (χ4n) is 4.00. The average Bonchev–Trinajstić information content (AvgIpc) is 3.30. The van der Waals surface area contributed by atoms with Crippen molar-refractivity contribution in [2.75, 3.05) is 45.9 Å². The number of nitrogens with zero attached hydrogens (tertiary/aromatic N) is 3. The third-order valence-electron chi connectivity index (χ3n) is 5.37. The van der Waals surface area contributed by atoms with Crippen LogP contribution in [0.4, 0.5) is 13.2 Å². The number of nitrogens with one attached hydrogen (secondary N) is 1. The van der Waals surface area contributed by atoms with Gasteiger partial charge in [-0.1, -0.05) is 30.3 Å². The largest absolute Gasteiger partial charge is 0.401 e. The van der Waals surface area contributed by atoms with Crippen molar-refractivity contribution >= 4 is 5.96 Å². The third-order valence-corrected chi connectivity index (χ3v) is 5.37. The summed E-state index contributed by atoms with van der Waals surface area (Å²) in [5.74, 6) is 1.25. The van der Waals surface area contributed by atoms with Gasteiger partial charge in [0.25, 0.3) is 0 Å². The summed E-state index contributed by atoms with van der Waals surface area (Å²) >= 11 is 0. The summed E-state index contributed by atoms with van der Waals surface area (Å²) in [7, 11) is 0. The first-order valence-corrected chi connectivity index (χ1v) is 10.4. The summed E-state index contributed by atoms with van der Waals surface area (Å²) in [5.41, 5.74) is 1.17. The molecule has 2 aliphatic heterocycles. The van der Waals surface area contributed by atoms with E-state index in [9.17, 15) is 13.2 Å². The predicted octanol–water partition coefficient (Wildman–Crippen LogP) is 3.13. The summed E-state index contributed by atoms with van der Waals surface area (Å²) < 4.78 is 43.7. The summed E-state index contributed by atoms with van der Waals surface area (Å²) in [6.45, 7) is 5.72. The van der Waals surface area contributed by atoms with Gasteiger partial charge in [0.05, 0.1) is 19.8 Å². The Morgan fingerprint density at radius 2 is 1.97 bits per heavy atom. The highest BCUT2D eigenvalue weighted by Gasteiger charge is 2.35. The molecule has 0 bridgehead atoms. The molecule has 0 spiro atoms. The number of guanidine groups is 1. The van der Waals surface area contributed by atoms with Crippen molar-refractivity contribution in [2.24, 2.45) is 10.9 Å². The van der Waals surface area contributed by atoms with Crippen LogP contribution in [0.2, 0.25) is 0 Å². The molecule has 1 aromatic carbocycles. The molecule has 3 rings (SSSR count). The fraction of sp³-hybridized carbons (Fsp3) is 0.667. The number of hydrogen-bond donors (Lipinski definition) is 1. The van der Waals surface area contributed by atoms with Crippen molar-refractivity contribution < 1.29 is 17.9 Å². The zero-order chi connectivity index (χ0) is 20.7. The van der Waals surface area contributed by atoms with Crippen molar-refractivity contribution in [1.82, 2.24) is 15.1 Å². The number of hydrogen-bond acceptors (Lipinski definition) is 3. The SMILES string of the molecule is CCN=C(NC1CCN(CC(F)(F)F)C1)N1CCC(COCc2ccccc2)C1. The van der Waals surface area contributed by atoms with Crippen LogP contribution in [0, 0.1) is 5.92 Å². The lowest BCUT2D eigenvalue weighted by Crippen LogP contribution is -2.46. The summed E-state index contributed by atoms with van der Waals surface area (Å²) in [6.07, 6.45) is -2.41. The molecule has 2 saturated heterocycles. The number of ether oxygens (including phenoxy) is 1. The van der Waals surface area contributed by atoms with E-state index in [1.165, 1.54) is 10.5 Å². The Kier molecular flexibility index (Phi) is 7.77. The monoisotopic (exact) mass is 412 g/mol. The van der Waals surface area contributed by atoms with Crippen LogP contribution in [0.5, 0.6) is 0 Å². The second kappa shape index (κ2) is 10.3. The second-order valence-electron chi connectivity index (χ2n) is 7.88. The quantitative estimate of drug-likeness (QED) is 0.552. The van der Waals surface area contributed by atoms with Crippen LogP contribution in [0.3, 0.4) is 0 Å². The van der Waals surface area contributed by atoms with Crippen LogP contribution in [-0.2, 0) is 11.3 Å². The zero-order valence-electron chi connectivity index (χ0n) is 17.0. The maximum Gasteiger partial charge on any atom is 0.401 e. The summed E-state index contributed by atoms with van der Waals surface area (Å²) in [6, 6.07) is 10.1. The Balaban J connectivity index is 1.43. The van der Waals surface area contributed by atoms with E-state index in [1.54, 1.807) is 0 Å². The average molecular weight is 413 g/mol. The van der Waals surface area contributed by atoms with Crippen molar-refractivity contribution in [3.63, 3.8) is 0 Å². The minimum atomic E-state index is -4.14. The molecule has 0 saturated carbocycles. The molecule has 2 atom stereocenters. The molecule has 2 unspecified atom stereocenters. The zero-order valence-corrected chi connectivity index (χ0v) is 17.0. The molecule has 1 N–H and O–H groups in total. The molecular weight excluding hydrogens is 381 g/mol. The molecule has 1 aromatic rings. The van der Waals surface area contributed by atoms with Crippen molar-refractivity contribution in [1.29, 1.82) is 0 Å². The van der Waals surface area contributed by atoms with Gasteiger partial charge in [0, 0.05) is 44.7 Å². The van der Waals surface area contributed by atoms with Crippen molar-refractivity contribution in [2.45, 2.75) is 38.6 Å². The van der Waals surface area contributed by atoms with E-state index in [2.05, 4.69) is 27.3 Å². The van der Waals surface area contributed by atoms with Gasteiger partial charge < -0.3 is 15.0 Å². The number of alkyl halides is 3. The molecule has 8 heteroatoms. The number of likely N-dealkylation sites (tertiary alicyclic amines) is 2. The lowest BCUT2D eigenvalue weighted by atomic mass is 10.1. The van der Waals surface area contributed by atoms with E-state index in [0.717, 1.165) is 25.5 Å². The van der Waals surface area contributed by atoms with Gasteiger partial charge in [-0.15, -0.1) is 0 Å².